The number of amides is 4. The molecule has 1 aromatic carbocycles. The highest BCUT2D eigenvalue weighted by Crippen LogP contribution is 2.29. The molecular formula is C30H43N5O6S. The molecule has 1 aliphatic heterocycles. The van der Waals surface area contributed by atoms with E-state index in [1.807, 2.05) is 64.4 Å². The third-order valence-corrected chi connectivity index (χ3v) is 8.33. The lowest BCUT2D eigenvalue weighted by Gasteiger charge is -2.35. The maximum atomic E-state index is 13.8. The van der Waals surface area contributed by atoms with Gasteiger partial charge in [0.1, 0.15) is 18.7 Å². The number of thiazole rings is 1. The van der Waals surface area contributed by atoms with Crippen LogP contribution in [0.5, 0.6) is 0 Å². The summed E-state index contributed by atoms with van der Waals surface area (Å²) >= 11 is 1.57. The molecule has 5 N–H and O–H groups in total. The van der Waals surface area contributed by atoms with Crippen LogP contribution in [0.1, 0.15) is 70.7 Å². The quantitative estimate of drug-likeness (QED) is 0.233. The number of hydrogen-bond donors (Lipinski definition) is 5. The van der Waals surface area contributed by atoms with Gasteiger partial charge in [-0.2, -0.15) is 0 Å². The first kappa shape index (κ1) is 33.2. The zero-order valence-electron chi connectivity index (χ0n) is 25.0. The molecule has 0 bridgehead atoms. The number of aliphatic hydroxyl groups is 2. The molecule has 1 fully saturated rings. The Labute approximate surface area is 251 Å². The number of aliphatic hydroxyl groups excluding tert-OH is 2. The third-order valence-electron chi connectivity index (χ3n) is 7.36. The predicted octanol–water partition coefficient (Wildman–Crippen LogP) is 2.07. The van der Waals surface area contributed by atoms with Crippen molar-refractivity contribution in [1.82, 2.24) is 25.8 Å². The van der Waals surface area contributed by atoms with Crippen LogP contribution in [-0.4, -0.2) is 81.6 Å². The fourth-order valence-corrected chi connectivity index (χ4v) is 5.75. The monoisotopic (exact) mass is 601 g/mol. The maximum absolute atomic E-state index is 13.8. The van der Waals surface area contributed by atoms with Crippen molar-refractivity contribution in [2.24, 2.45) is 5.41 Å². The van der Waals surface area contributed by atoms with Crippen LogP contribution in [0.3, 0.4) is 0 Å². The van der Waals surface area contributed by atoms with E-state index < -0.39 is 42.0 Å². The summed E-state index contributed by atoms with van der Waals surface area (Å²) < 4.78 is 0. The van der Waals surface area contributed by atoms with Gasteiger partial charge in [-0.15, -0.1) is 11.3 Å². The number of nitrogens with zero attached hydrogens (tertiary/aromatic N) is 2. The van der Waals surface area contributed by atoms with Gasteiger partial charge in [-0.3, -0.25) is 19.2 Å². The van der Waals surface area contributed by atoms with Gasteiger partial charge in [0.2, 0.25) is 23.6 Å². The molecule has 0 aliphatic carbocycles. The minimum Gasteiger partial charge on any atom is -0.391 e. The summed E-state index contributed by atoms with van der Waals surface area (Å²) in [6, 6.07) is 5.80. The van der Waals surface area contributed by atoms with Gasteiger partial charge in [0.25, 0.3) is 0 Å². The van der Waals surface area contributed by atoms with Crippen LogP contribution in [0.4, 0.5) is 0 Å². The SMILES string of the molecule is Cc1ncsc1-c1ccc([C@H](C)NC(=O)[C@@H]2C[C@@H](O)CN2C(=O)[C@@H](NC(=O)CCCCNC(=O)CO)C(C)(C)C)cc1. The standard InChI is InChI=1S/C30H43N5O6S/c1-18(20-9-11-21(12-10-20)26-19(2)32-17-42-26)33-28(40)23-14-22(37)15-35(23)29(41)27(30(3,4)5)34-24(38)8-6-7-13-31-25(39)16-36/h9-12,17-18,22-23,27,36-37H,6-8,13-16H2,1-5H3,(H,31,39)(H,33,40)(H,34,38)/t18-,22+,23-,27+/m0/s1. The van der Waals surface area contributed by atoms with E-state index in [1.54, 1.807) is 11.3 Å². The van der Waals surface area contributed by atoms with Crippen molar-refractivity contribution in [3.8, 4) is 10.4 Å². The Morgan fingerprint density at radius 3 is 2.38 bits per heavy atom. The number of carbonyl (C=O) groups is 4. The number of nitrogens with one attached hydrogen (secondary N) is 3. The van der Waals surface area contributed by atoms with E-state index in [-0.39, 0.29) is 37.2 Å². The molecule has 4 amide bonds. The van der Waals surface area contributed by atoms with Gasteiger partial charge in [0.15, 0.2) is 0 Å². The third kappa shape index (κ3) is 8.83. The first-order valence-electron chi connectivity index (χ1n) is 14.3. The van der Waals surface area contributed by atoms with Crippen molar-refractivity contribution in [2.75, 3.05) is 19.7 Å². The average molecular weight is 602 g/mol. The fourth-order valence-electron chi connectivity index (χ4n) is 4.94. The minimum atomic E-state index is -0.903. The van der Waals surface area contributed by atoms with Crippen LogP contribution in [0.2, 0.25) is 0 Å². The number of aromatic nitrogens is 1. The Hall–Kier alpha value is -3.35. The summed E-state index contributed by atoms with van der Waals surface area (Å²) in [4.78, 5) is 57.8. The zero-order chi connectivity index (χ0) is 31.0. The van der Waals surface area contributed by atoms with Gasteiger partial charge in [-0.05, 0) is 43.2 Å². The molecule has 4 atom stereocenters. The van der Waals surface area contributed by atoms with E-state index >= 15 is 0 Å². The Bertz CT molecular complexity index is 1240. The molecule has 42 heavy (non-hydrogen) atoms. The number of β-amino-alcohol motifs (C(OH)–C–C–N with tert-alkyl or cyclic N) is 1. The second kappa shape index (κ2) is 14.7. The molecule has 2 aromatic rings. The Morgan fingerprint density at radius 2 is 1.79 bits per heavy atom. The normalized spacial score (nSPS) is 18.3. The smallest absolute Gasteiger partial charge is 0.246 e. The van der Waals surface area contributed by atoms with Gasteiger partial charge in [-0.25, -0.2) is 4.98 Å². The number of benzene rings is 1. The fraction of sp³-hybridized carbons (Fsp3) is 0.567. The summed E-state index contributed by atoms with van der Waals surface area (Å²) in [5, 5.41) is 27.6. The lowest BCUT2D eigenvalue weighted by atomic mass is 9.85. The topological polar surface area (TPSA) is 161 Å². The summed E-state index contributed by atoms with van der Waals surface area (Å²) in [5.74, 6) is -1.57. The second-order valence-electron chi connectivity index (χ2n) is 11.8. The van der Waals surface area contributed by atoms with E-state index in [9.17, 15) is 24.3 Å². The number of hydrogen-bond acceptors (Lipinski definition) is 8. The zero-order valence-corrected chi connectivity index (χ0v) is 25.8. The van der Waals surface area contributed by atoms with Crippen LogP contribution in [0.25, 0.3) is 10.4 Å². The van der Waals surface area contributed by atoms with Crippen molar-refractivity contribution in [3.05, 3.63) is 41.0 Å². The van der Waals surface area contributed by atoms with Crippen molar-refractivity contribution in [2.45, 2.75) is 84.5 Å². The molecule has 0 spiro atoms. The highest BCUT2D eigenvalue weighted by Gasteiger charge is 2.44. The number of aryl methyl sites for hydroxylation is 1. The molecule has 1 aliphatic rings. The average Bonchev–Trinajstić information content (AvgIpc) is 3.55. The Morgan fingerprint density at radius 1 is 1.10 bits per heavy atom. The van der Waals surface area contributed by atoms with Crippen LogP contribution >= 0.6 is 11.3 Å². The van der Waals surface area contributed by atoms with E-state index in [1.165, 1.54) is 4.90 Å². The molecule has 0 radical (unpaired) electrons. The van der Waals surface area contributed by atoms with Crippen molar-refractivity contribution >= 4 is 35.0 Å². The number of unbranched alkanes of at least 4 members (excludes halogenated alkanes) is 1. The molecule has 1 aromatic heterocycles. The van der Waals surface area contributed by atoms with E-state index in [4.69, 9.17) is 5.11 Å². The molecule has 11 nitrogen and oxygen atoms in total. The number of carbonyl (C=O) groups excluding carboxylic acids is 4. The van der Waals surface area contributed by atoms with E-state index in [0.29, 0.717) is 19.4 Å². The first-order valence-corrected chi connectivity index (χ1v) is 15.2. The molecule has 2 heterocycles. The highest BCUT2D eigenvalue weighted by atomic mass is 32.1. The van der Waals surface area contributed by atoms with Crippen LogP contribution < -0.4 is 16.0 Å². The summed E-state index contributed by atoms with van der Waals surface area (Å²) in [5.41, 5.74) is 4.08. The molecule has 1 saturated heterocycles. The summed E-state index contributed by atoms with van der Waals surface area (Å²) in [6.07, 6.45) is 0.434. The van der Waals surface area contributed by atoms with Crippen molar-refractivity contribution in [1.29, 1.82) is 0 Å². The first-order chi connectivity index (χ1) is 19.8. The number of rotatable bonds is 12. The van der Waals surface area contributed by atoms with Crippen LogP contribution in [0, 0.1) is 12.3 Å². The minimum absolute atomic E-state index is 0.00119. The number of likely N-dealkylation sites (tertiary alicyclic amines) is 1. The molecule has 0 unspecified atom stereocenters. The highest BCUT2D eigenvalue weighted by molar-refractivity contribution is 7.13. The lowest BCUT2D eigenvalue weighted by Crippen LogP contribution is -2.57. The van der Waals surface area contributed by atoms with Gasteiger partial charge in [0, 0.05) is 25.9 Å². The summed E-state index contributed by atoms with van der Waals surface area (Å²) in [7, 11) is 0. The van der Waals surface area contributed by atoms with Crippen LogP contribution in [0.15, 0.2) is 29.8 Å². The maximum Gasteiger partial charge on any atom is 0.246 e. The van der Waals surface area contributed by atoms with Crippen LogP contribution in [-0.2, 0) is 19.2 Å². The summed E-state index contributed by atoms with van der Waals surface area (Å²) in [6.45, 7) is 9.09. The molecule has 0 saturated carbocycles. The van der Waals surface area contributed by atoms with E-state index in [2.05, 4.69) is 20.9 Å². The Kier molecular flexibility index (Phi) is 11.6. The van der Waals surface area contributed by atoms with Crippen molar-refractivity contribution in [3.63, 3.8) is 0 Å². The van der Waals surface area contributed by atoms with Gasteiger partial charge in [0.05, 0.1) is 28.2 Å². The molecule has 12 heteroatoms. The van der Waals surface area contributed by atoms with Crippen molar-refractivity contribution < 1.29 is 29.4 Å². The molecule has 3 rings (SSSR count). The Balaban J connectivity index is 1.62. The second-order valence-corrected chi connectivity index (χ2v) is 12.7. The van der Waals surface area contributed by atoms with Gasteiger partial charge in [-0.1, -0.05) is 45.0 Å². The van der Waals surface area contributed by atoms with E-state index in [0.717, 1.165) is 21.7 Å². The molecule has 230 valence electrons. The van der Waals surface area contributed by atoms with Gasteiger partial charge < -0.3 is 31.1 Å². The van der Waals surface area contributed by atoms with Gasteiger partial charge >= 0.3 is 0 Å². The molecular weight excluding hydrogens is 558 g/mol. The lowest BCUT2D eigenvalue weighted by molar-refractivity contribution is -0.144. The predicted molar refractivity (Wildman–Crippen MR) is 160 cm³/mol. The largest absolute Gasteiger partial charge is 0.391 e.